The second-order valence-electron chi connectivity index (χ2n) is 4.63. The highest BCUT2D eigenvalue weighted by Gasteiger charge is 2.31. The summed E-state index contributed by atoms with van der Waals surface area (Å²) in [5, 5.41) is 0. The predicted molar refractivity (Wildman–Crippen MR) is 74.6 cm³/mol. The monoisotopic (exact) mass is 248 g/mol. The Hall–Kier alpha value is -2.48. The predicted octanol–water partition coefficient (Wildman–Crippen LogP) is 3.41. The Kier molecular flexibility index (Phi) is 2.46. The van der Waals surface area contributed by atoms with Gasteiger partial charge in [-0.3, -0.25) is 9.59 Å². The first-order valence-corrected chi connectivity index (χ1v) is 6.09. The van der Waals surface area contributed by atoms with Gasteiger partial charge >= 0.3 is 0 Å². The van der Waals surface area contributed by atoms with E-state index in [-0.39, 0.29) is 11.6 Å². The Morgan fingerprint density at radius 1 is 0.895 bits per heavy atom. The average molecular weight is 248 g/mol. The highest BCUT2D eigenvalue weighted by Crippen LogP contribution is 2.31. The number of hydrogen-bond donors (Lipinski definition) is 0. The Morgan fingerprint density at radius 3 is 2.16 bits per heavy atom. The van der Waals surface area contributed by atoms with Crippen LogP contribution in [-0.2, 0) is 0 Å². The molecular formula is C17H12O2. The zero-order chi connectivity index (χ0) is 13.6. The first-order valence-electron chi connectivity index (χ1n) is 6.09. The van der Waals surface area contributed by atoms with Crippen LogP contribution < -0.4 is 0 Å². The molecule has 0 saturated carbocycles. The summed E-state index contributed by atoms with van der Waals surface area (Å²) in [6, 6.07) is 10.7. The molecule has 1 aliphatic carbocycles. The molecule has 0 saturated heterocycles. The second kappa shape index (κ2) is 4.02. The van der Waals surface area contributed by atoms with E-state index in [9.17, 15) is 9.59 Å². The molecule has 2 aromatic carbocycles. The lowest BCUT2D eigenvalue weighted by molar-refractivity contribution is 0.0978. The fraction of sp³-hybridized carbons (Fsp3) is 0.0588. The van der Waals surface area contributed by atoms with E-state index >= 15 is 0 Å². The Morgan fingerprint density at radius 2 is 1.47 bits per heavy atom. The molecule has 2 heteroatoms. The maximum Gasteiger partial charge on any atom is 0.195 e. The van der Waals surface area contributed by atoms with Crippen LogP contribution in [0.3, 0.4) is 0 Å². The molecule has 2 aromatic rings. The van der Waals surface area contributed by atoms with E-state index in [1.807, 2.05) is 13.0 Å². The van der Waals surface area contributed by atoms with Crippen molar-refractivity contribution >= 4 is 17.6 Å². The number of rotatable bonds is 1. The number of carbonyl (C=O) groups is 2. The van der Waals surface area contributed by atoms with Crippen LogP contribution in [0.5, 0.6) is 0 Å². The van der Waals surface area contributed by atoms with E-state index in [4.69, 9.17) is 0 Å². The van der Waals surface area contributed by atoms with Crippen LogP contribution in [0.4, 0.5) is 0 Å². The summed E-state index contributed by atoms with van der Waals surface area (Å²) in [6.07, 6.45) is 1.62. The van der Waals surface area contributed by atoms with E-state index in [1.54, 1.807) is 36.4 Å². The number of fused-ring (bicyclic) bond motifs is 2. The third-order valence-electron chi connectivity index (χ3n) is 3.53. The third kappa shape index (κ3) is 1.50. The van der Waals surface area contributed by atoms with E-state index in [0.717, 1.165) is 5.56 Å². The molecule has 0 amide bonds. The Balaban J connectivity index is 2.39. The zero-order valence-electron chi connectivity index (χ0n) is 10.6. The SMILES string of the molecule is C=Cc1cccc2c1C(=O)c1cccc(C)c1C2=O. The van der Waals surface area contributed by atoms with Crippen LogP contribution in [0, 0.1) is 6.92 Å². The molecule has 92 valence electrons. The molecule has 1 aliphatic rings. The molecule has 0 aromatic heterocycles. The van der Waals surface area contributed by atoms with Gasteiger partial charge in [0.05, 0.1) is 0 Å². The molecule has 0 N–H and O–H groups in total. The van der Waals surface area contributed by atoms with Crippen LogP contribution >= 0.6 is 0 Å². The molecule has 0 bridgehead atoms. The summed E-state index contributed by atoms with van der Waals surface area (Å²) in [7, 11) is 0. The van der Waals surface area contributed by atoms with Crippen molar-refractivity contribution in [1.29, 1.82) is 0 Å². The lowest BCUT2D eigenvalue weighted by Gasteiger charge is -2.20. The second-order valence-corrected chi connectivity index (χ2v) is 4.63. The van der Waals surface area contributed by atoms with Gasteiger partial charge in [-0.2, -0.15) is 0 Å². The van der Waals surface area contributed by atoms with Gasteiger partial charge in [-0.1, -0.05) is 49.1 Å². The molecule has 0 unspecified atom stereocenters. The molecule has 0 spiro atoms. The van der Waals surface area contributed by atoms with Gasteiger partial charge in [0, 0.05) is 22.3 Å². The molecule has 0 heterocycles. The minimum atomic E-state index is -0.0937. The van der Waals surface area contributed by atoms with Crippen molar-refractivity contribution in [2.75, 3.05) is 0 Å². The van der Waals surface area contributed by atoms with Crippen molar-refractivity contribution in [3.05, 3.63) is 76.4 Å². The molecular weight excluding hydrogens is 236 g/mol. The number of hydrogen-bond acceptors (Lipinski definition) is 2. The molecule has 3 rings (SSSR count). The van der Waals surface area contributed by atoms with E-state index in [2.05, 4.69) is 6.58 Å². The van der Waals surface area contributed by atoms with Crippen molar-refractivity contribution in [1.82, 2.24) is 0 Å². The van der Waals surface area contributed by atoms with Crippen LogP contribution in [-0.4, -0.2) is 11.6 Å². The van der Waals surface area contributed by atoms with Crippen molar-refractivity contribution in [3.8, 4) is 0 Å². The van der Waals surface area contributed by atoms with Crippen LogP contribution in [0.15, 0.2) is 43.0 Å². The van der Waals surface area contributed by atoms with E-state index in [0.29, 0.717) is 27.8 Å². The van der Waals surface area contributed by atoms with E-state index in [1.165, 1.54) is 0 Å². The summed E-state index contributed by atoms with van der Waals surface area (Å²) in [6.45, 7) is 5.56. The Labute approximate surface area is 111 Å². The number of benzene rings is 2. The Bertz CT molecular complexity index is 739. The normalized spacial score (nSPS) is 12.9. The van der Waals surface area contributed by atoms with E-state index < -0.39 is 0 Å². The maximum atomic E-state index is 12.6. The van der Waals surface area contributed by atoms with Gasteiger partial charge in [0.15, 0.2) is 11.6 Å². The van der Waals surface area contributed by atoms with Gasteiger partial charge in [-0.05, 0) is 18.1 Å². The zero-order valence-corrected chi connectivity index (χ0v) is 10.6. The van der Waals surface area contributed by atoms with Crippen molar-refractivity contribution < 1.29 is 9.59 Å². The van der Waals surface area contributed by atoms with Crippen molar-refractivity contribution in [3.63, 3.8) is 0 Å². The maximum absolute atomic E-state index is 12.6. The standard InChI is InChI=1S/C17H12O2/c1-3-11-7-5-9-13-15(11)17(19)12-8-4-6-10(2)14(12)16(13)18/h3-9H,1H2,2H3. The molecule has 0 atom stereocenters. The largest absolute Gasteiger partial charge is 0.289 e. The molecule has 2 nitrogen and oxygen atoms in total. The summed E-state index contributed by atoms with van der Waals surface area (Å²) in [4.78, 5) is 25.1. The van der Waals surface area contributed by atoms with Gasteiger partial charge in [0.1, 0.15) is 0 Å². The lowest BCUT2D eigenvalue weighted by Crippen LogP contribution is -2.22. The van der Waals surface area contributed by atoms with Crippen LogP contribution in [0.25, 0.3) is 6.08 Å². The van der Waals surface area contributed by atoms with Gasteiger partial charge < -0.3 is 0 Å². The third-order valence-corrected chi connectivity index (χ3v) is 3.53. The topological polar surface area (TPSA) is 34.1 Å². The minimum Gasteiger partial charge on any atom is -0.289 e. The van der Waals surface area contributed by atoms with Crippen molar-refractivity contribution in [2.45, 2.75) is 6.92 Å². The molecule has 0 aliphatic heterocycles. The molecule has 19 heavy (non-hydrogen) atoms. The highest BCUT2D eigenvalue weighted by molar-refractivity contribution is 6.29. The number of carbonyl (C=O) groups excluding carboxylic acids is 2. The number of ketones is 2. The van der Waals surface area contributed by atoms with Crippen LogP contribution in [0.2, 0.25) is 0 Å². The average Bonchev–Trinajstić information content (AvgIpc) is 2.43. The fourth-order valence-electron chi connectivity index (χ4n) is 2.61. The smallest absolute Gasteiger partial charge is 0.195 e. The fourth-order valence-corrected chi connectivity index (χ4v) is 2.61. The van der Waals surface area contributed by atoms with Crippen molar-refractivity contribution in [2.24, 2.45) is 0 Å². The number of aryl methyl sites for hydroxylation is 1. The molecule has 0 radical (unpaired) electrons. The summed E-state index contributed by atoms with van der Waals surface area (Å²) in [5.41, 5.74) is 3.52. The van der Waals surface area contributed by atoms with Gasteiger partial charge in [0.25, 0.3) is 0 Å². The quantitative estimate of drug-likeness (QED) is 0.661. The van der Waals surface area contributed by atoms with Gasteiger partial charge in [-0.15, -0.1) is 0 Å². The van der Waals surface area contributed by atoms with Gasteiger partial charge in [0.2, 0.25) is 0 Å². The molecule has 0 fully saturated rings. The summed E-state index contributed by atoms with van der Waals surface area (Å²) in [5.74, 6) is -0.171. The first kappa shape index (κ1) is 11.6. The summed E-state index contributed by atoms with van der Waals surface area (Å²) < 4.78 is 0. The highest BCUT2D eigenvalue weighted by atomic mass is 16.1. The van der Waals surface area contributed by atoms with Gasteiger partial charge in [-0.25, -0.2) is 0 Å². The minimum absolute atomic E-state index is 0.0774. The lowest BCUT2D eigenvalue weighted by atomic mass is 9.80. The van der Waals surface area contributed by atoms with Crippen LogP contribution in [0.1, 0.15) is 43.0 Å². The summed E-state index contributed by atoms with van der Waals surface area (Å²) >= 11 is 0. The first-order chi connectivity index (χ1) is 9.15.